The number of benzene rings is 1. The third kappa shape index (κ3) is 3.09. The zero-order chi connectivity index (χ0) is 15.9. The van der Waals surface area contributed by atoms with Crippen LogP contribution in [-0.2, 0) is 13.0 Å². The first-order chi connectivity index (χ1) is 10.5. The van der Waals surface area contributed by atoms with Gasteiger partial charge in [0, 0.05) is 19.1 Å². The molecule has 0 saturated carbocycles. The third-order valence-electron chi connectivity index (χ3n) is 4.33. The predicted molar refractivity (Wildman–Crippen MR) is 89.6 cm³/mol. The van der Waals surface area contributed by atoms with Crippen molar-refractivity contribution in [1.82, 2.24) is 19.9 Å². The highest BCUT2D eigenvalue weighted by Gasteiger charge is 2.23. The molecule has 124 valence electrons. The average Bonchev–Trinajstić information content (AvgIpc) is 2.87. The molecule has 1 N–H and O–H groups in total. The molecule has 0 aliphatic carbocycles. The van der Waals surface area contributed by atoms with E-state index in [1.54, 1.807) is 11.6 Å². The monoisotopic (exact) mass is 336 g/mol. The van der Waals surface area contributed by atoms with Gasteiger partial charge in [-0.1, -0.05) is 17.3 Å². The molecule has 0 amide bonds. The minimum Gasteiger partial charge on any atom is -0.476 e. The lowest BCUT2D eigenvalue weighted by Crippen LogP contribution is -2.36. The van der Waals surface area contributed by atoms with Crippen LogP contribution in [-0.4, -0.2) is 43.6 Å². The second kappa shape index (κ2) is 6.68. The van der Waals surface area contributed by atoms with Gasteiger partial charge in [-0.25, -0.2) is 9.48 Å². The largest absolute Gasteiger partial charge is 0.476 e. The van der Waals surface area contributed by atoms with E-state index in [0.29, 0.717) is 11.7 Å². The van der Waals surface area contributed by atoms with Crippen LogP contribution < -0.4 is 0 Å². The van der Waals surface area contributed by atoms with Crippen molar-refractivity contribution in [3.05, 3.63) is 40.7 Å². The molecule has 0 unspecified atom stereocenters. The fraction of sp³-hybridized carbons (Fsp3) is 0.438. The molecule has 2 aromatic rings. The molecule has 3 rings (SSSR count). The lowest BCUT2D eigenvalue weighted by Gasteiger charge is -2.32. The van der Waals surface area contributed by atoms with E-state index < -0.39 is 5.97 Å². The van der Waals surface area contributed by atoms with Crippen LogP contribution in [0.4, 0.5) is 0 Å². The minimum atomic E-state index is -1.04. The van der Waals surface area contributed by atoms with Gasteiger partial charge in [0.15, 0.2) is 5.69 Å². The van der Waals surface area contributed by atoms with E-state index in [2.05, 4.69) is 35.1 Å². The van der Waals surface area contributed by atoms with Crippen molar-refractivity contribution in [3.63, 3.8) is 0 Å². The number of fused-ring (bicyclic) bond motifs is 1. The Balaban J connectivity index is 0.00000192. The maximum atomic E-state index is 11.2. The number of carboxylic acid groups (broad SMARTS) is 1. The summed E-state index contributed by atoms with van der Waals surface area (Å²) >= 11 is 0. The molecule has 0 atom stereocenters. The molecule has 0 fully saturated rings. The van der Waals surface area contributed by atoms with Gasteiger partial charge in [-0.05, 0) is 44.4 Å². The Morgan fingerprint density at radius 1 is 1.35 bits per heavy atom. The first kappa shape index (κ1) is 17.4. The number of carboxylic acids is 1. The number of hydrogen-bond donors (Lipinski definition) is 1. The van der Waals surface area contributed by atoms with Crippen LogP contribution in [0.5, 0.6) is 0 Å². The molecule has 1 aromatic heterocycles. The Bertz CT molecular complexity index is 727. The van der Waals surface area contributed by atoms with Gasteiger partial charge in [-0.2, -0.15) is 0 Å². The Morgan fingerprint density at radius 3 is 2.70 bits per heavy atom. The van der Waals surface area contributed by atoms with Gasteiger partial charge in [-0.15, -0.1) is 17.5 Å². The number of halogens is 1. The smallest absolute Gasteiger partial charge is 0.358 e. The number of rotatable bonds is 3. The summed E-state index contributed by atoms with van der Waals surface area (Å²) < 4.78 is 1.65. The molecule has 1 aromatic carbocycles. The SMILES string of the molecule is Cc1c(C(=O)O)nnn1-c1cccc2c1CCN(C(C)C)C2.Cl. The molecular weight excluding hydrogens is 316 g/mol. The van der Waals surface area contributed by atoms with Crippen LogP contribution in [0.15, 0.2) is 18.2 Å². The van der Waals surface area contributed by atoms with Gasteiger partial charge in [0.05, 0.1) is 11.4 Å². The molecule has 2 heterocycles. The predicted octanol–water partition coefficient (Wildman–Crippen LogP) is 2.46. The summed E-state index contributed by atoms with van der Waals surface area (Å²) in [5.41, 5.74) is 4.04. The van der Waals surface area contributed by atoms with Gasteiger partial charge >= 0.3 is 5.97 Å². The topological polar surface area (TPSA) is 71.2 Å². The molecule has 1 aliphatic heterocycles. The molecule has 0 spiro atoms. The van der Waals surface area contributed by atoms with Crippen molar-refractivity contribution >= 4 is 18.4 Å². The Kier molecular flexibility index (Phi) is 5.06. The van der Waals surface area contributed by atoms with Crippen molar-refractivity contribution in [2.24, 2.45) is 0 Å². The van der Waals surface area contributed by atoms with Crippen molar-refractivity contribution in [1.29, 1.82) is 0 Å². The van der Waals surface area contributed by atoms with Gasteiger partial charge < -0.3 is 5.11 Å². The molecule has 1 aliphatic rings. The lowest BCUT2D eigenvalue weighted by molar-refractivity contribution is 0.0689. The number of nitrogens with zero attached hydrogens (tertiary/aromatic N) is 4. The fourth-order valence-corrected chi connectivity index (χ4v) is 3.01. The van der Waals surface area contributed by atoms with Crippen LogP contribution in [0, 0.1) is 6.92 Å². The van der Waals surface area contributed by atoms with Crippen LogP contribution >= 0.6 is 12.4 Å². The van der Waals surface area contributed by atoms with Crippen molar-refractivity contribution < 1.29 is 9.90 Å². The summed E-state index contributed by atoms with van der Waals surface area (Å²) in [7, 11) is 0. The first-order valence-electron chi connectivity index (χ1n) is 7.50. The first-order valence-corrected chi connectivity index (χ1v) is 7.50. The normalized spacial score (nSPS) is 14.4. The molecule has 7 heteroatoms. The summed E-state index contributed by atoms with van der Waals surface area (Å²) in [4.78, 5) is 13.6. The number of carbonyl (C=O) groups is 1. The van der Waals surface area contributed by atoms with E-state index in [9.17, 15) is 4.79 Å². The van der Waals surface area contributed by atoms with Crippen molar-refractivity contribution in [3.8, 4) is 5.69 Å². The van der Waals surface area contributed by atoms with E-state index in [1.165, 1.54) is 11.1 Å². The van der Waals surface area contributed by atoms with Gasteiger partial charge in [0.25, 0.3) is 0 Å². The maximum Gasteiger partial charge on any atom is 0.358 e. The van der Waals surface area contributed by atoms with Gasteiger partial charge in [-0.3, -0.25) is 4.90 Å². The lowest BCUT2D eigenvalue weighted by atomic mass is 9.97. The Hall–Kier alpha value is -1.92. The summed E-state index contributed by atoms with van der Waals surface area (Å²) in [6.45, 7) is 8.07. The van der Waals surface area contributed by atoms with E-state index in [-0.39, 0.29) is 18.1 Å². The Labute approximate surface area is 141 Å². The summed E-state index contributed by atoms with van der Waals surface area (Å²) in [6.07, 6.45) is 0.936. The zero-order valence-corrected chi connectivity index (χ0v) is 14.3. The number of aromatic carboxylic acids is 1. The van der Waals surface area contributed by atoms with Crippen LogP contribution in [0.25, 0.3) is 5.69 Å². The van der Waals surface area contributed by atoms with Crippen molar-refractivity contribution in [2.75, 3.05) is 6.54 Å². The highest BCUT2D eigenvalue weighted by Crippen LogP contribution is 2.27. The summed E-state index contributed by atoms with van der Waals surface area (Å²) in [5.74, 6) is -1.04. The molecular formula is C16H21ClN4O2. The molecule has 0 saturated heterocycles. The minimum absolute atomic E-state index is 0. The zero-order valence-electron chi connectivity index (χ0n) is 13.5. The van der Waals surface area contributed by atoms with Crippen LogP contribution in [0.3, 0.4) is 0 Å². The fourth-order valence-electron chi connectivity index (χ4n) is 3.01. The molecule has 0 radical (unpaired) electrons. The van der Waals surface area contributed by atoms with Crippen LogP contribution in [0.2, 0.25) is 0 Å². The summed E-state index contributed by atoms with van der Waals surface area (Å²) in [5, 5.41) is 17.0. The quantitative estimate of drug-likeness (QED) is 0.932. The van der Waals surface area contributed by atoms with E-state index in [4.69, 9.17) is 5.11 Å². The third-order valence-corrected chi connectivity index (χ3v) is 4.33. The van der Waals surface area contributed by atoms with E-state index in [1.807, 2.05) is 12.1 Å². The second-order valence-corrected chi connectivity index (χ2v) is 5.97. The molecule has 0 bridgehead atoms. The van der Waals surface area contributed by atoms with E-state index in [0.717, 1.165) is 25.2 Å². The number of aromatic nitrogens is 3. The standard InChI is InChI=1S/C16H20N4O2.ClH/c1-10(2)19-8-7-13-12(9-19)5-4-6-14(13)20-11(3)15(16(21)22)17-18-20;/h4-6,10H,7-9H2,1-3H3,(H,21,22);1H. The Morgan fingerprint density at radius 2 is 2.09 bits per heavy atom. The average molecular weight is 337 g/mol. The maximum absolute atomic E-state index is 11.2. The van der Waals surface area contributed by atoms with Crippen LogP contribution in [0.1, 0.15) is 41.2 Å². The highest BCUT2D eigenvalue weighted by atomic mass is 35.5. The number of hydrogen-bond acceptors (Lipinski definition) is 4. The second-order valence-electron chi connectivity index (χ2n) is 5.97. The van der Waals surface area contributed by atoms with E-state index >= 15 is 0 Å². The molecule has 6 nitrogen and oxygen atoms in total. The van der Waals surface area contributed by atoms with Gasteiger partial charge in [0.1, 0.15) is 0 Å². The van der Waals surface area contributed by atoms with Crippen molar-refractivity contribution in [2.45, 2.75) is 39.8 Å². The molecule has 23 heavy (non-hydrogen) atoms. The highest BCUT2D eigenvalue weighted by molar-refractivity contribution is 5.86. The van der Waals surface area contributed by atoms with Gasteiger partial charge in [0.2, 0.25) is 0 Å². The summed E-state index contributed by atoms with van der Waals surface area (Å²) in [6, 6.07) is 6.64.